The normalized spacial score (nSPS) is 15.8. The van der Waals surface area contributed by atoms with Crippen LogP contribution in [0.2, 0.25) is 0 Å². The van der Waals surface area contributed by atoms with Crippen molar-refractivity contribution in [3.63, 3.8) is 0 Å². The summed E-state index contributed by atoms with van der Waals surface area (Å²) in [6.45, 7) is 0.133. The van der Waals surface area contributed by atoms with Gasteiger partial charge in [-0.2, -0.15) is 0 Å². The number of para-hydroxylation sites is 1. The van der Waals surface area contributed by atoms with Crippen molar-refractivity contribution in [2.45, 2.75) is 0 Å². The lowest BCUT2D eigenvalue weighted by atomic mass is 10.2. The van der Waals surface area contributed by atoms with E-state index in [0.29, 0.717) is 10.7 Å². The van der Waals surface area contributed by atoms with Gasteiger partial charge in [-0.15, -0.1) is 0 Å². The van der Waals surface area contributed by atoms with Crippen LogP contribution in [0.25, 0.3) is 6.08 Å². The number of amides is 2. The predicted octanol–water partition coefficient (Wildman–Crippen LogP) is 4.41. The Bertz CT molecular complexity index is 836. The van der Waals surface area contributed by atoms with E-state index in [-0.39, 0.29) is 17.8 Å². The van der Waals surface area contributed by atoms with Crippen molar-refractivity contribution in [2.24, 2.45) is 0 Å². The standard InChI is InChI=1S/C18H15IN2O3S/c1-24-15-5-3-2-4-12(15)10-16-17(22)21(18(23)25-16)11-20-14-8-6-13(19)7-9-14/h2-10,20H,11H2,1H3/b16-10+. The lowest BCUT2D eigenvalue weighted by Gasteiger charge is -2.14. The van der Waals surface area contributed by atoms with Crippen molar-refractivity contribution < 1.29 is 14.3 Å². The molecule has 5 nitrogen and oxygen atoms in total. The third-order valence-electron chi connectivity index (χ3n) is 3.58. The molecule has 0 radical (unpaired) electrons. The van der Waals surface area contributed by atoms with Crippen LogP contribution in [-0.2, 0) is 4.79 Å². The smallest absolute Gasteiger partial charge is 0.295 e. The molecule has 0 atom stereocenters. The lowest BCUT2D eigenvalue weighted by Crippen LogP contribution is -2.33. The molecule has 0 aromatic heterocycles. The number of halogens is 1. The van der Waals surface area contributed by atoms with Gasteiger partial charge in [-0.1, -0.05) is 18.2 Å². The largest absolute Gasteiger partial charge is 0.496 e. The summed E-state index contributed by atoms with van der Waals surface area (Å²) >= 11 is 3.16. The molecule has 2 aromatic rings. The zero-order valence-electron chi connectivity index (χ0n) is 13.4. The fourth-order valence-electron chi connectivity index (χ4n) is 2.30. The first-order chi connectivity index (χ1) is 12.1. The molecule has 7 heteroatoms. The Morgan fingerprint density at radius 1 is 1.16 bits per heavy atom. The minimum absolute atomic E-state index is 0.133. The Balaban J connectivity index is 1.73. The molecular weight excluding hydrogens is 451 g/mol. The van der Waals surface area contributed by atoms with E-state index in [9.17, 15) is 9.59 Å². The molecule has 0 bridgehead atoms. The average molecular weight is 466 g/mol. The van der Waals surface area contributed by atoms with Crippen LogP contribution in [-0.4, -0.2) is 29.8 Å². The fourth-order valence-corrected chi connectivity index (χ4v) is 3.49. The van der Waals surface area contributed by atoms with Gasteiger partial charge in [0.05, 0.1) is 18.7 Å². The first-order valence-electron chi connectivity index (χ1n) is 7.46. The Kier molecular flexibility index (Phi) is 5.64. The highest BCUT2D eigenvalue weighted by Gasteiger charge is 2.34. The van der Waals surface area contributed by atoms with Gasteiger partial charge in [-0.25, -0.2) is 0 Å². The summed E-state index contributed by atoms with van der Waals surface area (Å²) in [6, 6.07) is 15.1. The Hall–Kier alpha value is -2.00. The molecule has 25 heavy (non-hydrogen) atoms. The molecule has 1 N–H and O–H groups in total. The maximum atomic E-state index is 12.5. The number of ether oxygens (including phenoxy) is 1. The zero-order valence-corrected chi connectivity index (χ0v) is 16.3. The van der Waals surface area contributed by atoms with Crippen LogP contribution >= 0.6 is 34.4 Å². The topological polar surface area (TPSA) is 58.6 Å². The third kappa shape index (κ3) is 4.16. The third-order valence-corrected chi connectivity index (χ3v) is 5.21. The van der Waals surface area contributed by atoms with E-state index in [1.165, 1.54) is 4.90 Å². The fraction of sp³-hybridized carbons (Fsp3) is 0.111. The van der Waals surface area contributed by atoms with Crippen molar-refractivity contribution in [1.29, 1.82) is 0 Å². The molecule has 0 aliphatic carbocycles. The van der Waals surface area contributed by atoms with Crippen molar-refractivity contribution in [3.05, 3.63) is 62.6 Å². The molecule has 0 saturated carbocycles. The number of hydrogen-bond donors (Lipinski definition) is 1. The second-order valence-corrected chi connectivity index (χ2v) is 7.43. The number of hydrogen-bond acceptors (Lipinski definition) is 5. The van der Waals surface area contributed by atoms with Gasteiger partial charge in [0.2, 0.25) is 0 Å². The highest BCUT2D eigenvalue weighted by Crippen LogP contribution is 2.33. The molecule has 0 spiro atoms. The van der Waals surface area contributed by atoms with Crippen molar-refractivity contribution in [2.75, 3.05) is 19.1 Å². The van der Waals surface area contributed by atoms with E-state index in [1.807, 2.05) is 48.5 Å². The predicted molar refractivity (Wildman–Crippen MR) is 108 cm³/mol. The first kappa shape index (κ1) is 17.8. The summed E-state index contributed by atoms with van der Waals surface area (Å²) in [5, 5.41) is 2.81. The van der Waals surface area contributed by atoms with Crippen LogP contribution in [0.15, 0.2) is 53.4 Å². The van der Waals surface area contributed by atoms with E-state index in [0.717, 1.165) is 26.6 Å². The van der Waals surface area contributed by atoms with Gasteiger partial charge in [0, 0.05) is 14.8 Å². The van der Waals surface area contributed by atoms with Gasteiger partial charge in [-0.05, 0) is 70.8 Å². The Labute approximate surface area is 163 Å². The first-order valence-corrected chi connectivity index (χ1v) is 9.36. The molecule has 2 amide bonds. The summed E-state index contributed by atoms with van der Waals surface area (Å²) < 4.78 is 6.40. The van der Waals surface area contributed by atoms with Crippen molar-refractivity contribution in [3.8, 4) is 5.75 Å². The van der Waals surface area contributed by atoms with Crippen molar-refractivity contribution >= 4 is 57.3 Å². The number of benzene rings is 2. The van der Waals surface area contributed by atoms with Crippen LogP contribution < -0.4 is 10.1 Å². The van der Waals surface area contributed by atoms with Crippen molar-refractivity contribution in [1.82, 2.24) is 4.90 Å². The Morgan fingerprint density at radius 2 is 1.88 bits per heavy atom. The maximum absolute atomic E-state index is 12.5. The summed E-state index contributed by atoms with van der Waals surface area (Å²) in [4.78, 5) is 26.3. The van der Waals surface area contributed by atoms with Crippen LogP contribution in [0.5, 0.6) is 5.75 Å². The second kappa shape index (κ2) is 7.92. The van der Waals surface area contributed by atoms with Gasteiger partial charge in [0.25, 0.3) is 11.1 Å². The van der Waals surface area contributed by atoms with Gasteiger partial charge in [-0.3, -0.25) is 14.5 Å². The minimum atomic E-state index is -0.307. The maximum Gasteiger partial charge on any atom is 0.295 e. The van der Waals surface area contributed by atoms with Crippen LogP contribution in [0.1, 0.15) is 5.56 Å². The summed E-state index contributed by atoms with van der Waals surface area (Å²) in [6.07, 6.45) is 1.69. The molecular formula is C18H15IN2O3S. The number of carbonyl (C=O) groups is 2. The molecule has 1 saturated heterocycles. The SMILES string of the molecule is COc1ccccc1/C=C1/SC(=O)N(CNc2ccc(I)cc2)C1=O. The number of anilines is 1. The van der Waals surface area contributed by atoms with E-state index < -0.39 is 0 Å². The van der Waals surface area contributed by atoms with Gasteiger partial charge < -0.3 is 10.1 Å². The van der Waals surface area contributed by atoms with E-state index in [1.54, 1.807) is 13.2 Å². The molecule has 0 unspecified atom stereocenters. The molecule has 1 heterocycles. The van der Waals surface area contributed by atoms with Gasteiger partial charge in [0.1, 0.15) is 5.75 Å². The molecule has 1 fully saturated rings. The Morgan fingerprint density at radius 3 is 2.60 bits per heavy atom. The summed E-state index contributed by atoms with van der Waals surface area (Å²) in [7, 11) is 1.57. The average Bonchev–Trinajstić information content (AvgIpc) is 2.88. The number of rotatable bonds is 5. The van der Waals surface area contributed by atoms with E-state index in [4.69, 9.17) is 4.74 Å². The van der Waals surface area contributed by atoms with Gasteiger partial charge in [0.15, 0.2) is 0 Å². The van der Waals surface area contributed by atoms with Crippen LogP contribution in [0.4, 0.5) is 10.5 Å². The highest BCUT2D eigenvalue weighted by atomic mass is 127. The minimum Gasteiger partial charge on any atom is -0.496 e. The number of carbonyl (C=O) groups excluding carboxylic acids is 2. The number of thioether (sulfide) groups is 1. The zero-order chi connectivity index (χ0) is 17.8. The summed E-state index contributed by atoms with van der Waals surface area (Å²) in [5.74, 6) is 0.352. The molecule has 1 aliphatic heterocycles. The highest BCUT2D eigenvalue weighted by molar-refractivity contribution is 14.1. The number of nitrogens with zero attached hydrogens (tertiary/aromatic N) is 1. The molecule has 3 rings (SSSR count). The quantitative estimate of drug-likeness (QED) is 0.523. The molecule has 2 aromatic carbocycles. The molecule has 1 aliphatic rings. The van der Waals surface area contributed by atoms with Gasteiger partial charge >= 0.3 is 0 Å². The number of nitrogens with one attached hydrogen (secondary N) is 1. The lowest BCUT2D eigenvalue weighted by molar-refractivity contribution is -0.122. The van der Waals surface area contributed by atoms with E-state index >= 15 is 0 Å². The second-order valence-electron chi connectivity index (χ2n) is 5.19. The summed E-state index contributed by atoms with van der Waals surface area (Å²) in [5.41, 5.74) is 1.62. The number of imide groups is 1. The van der Waals surface area contributed by atoms with E-state index in [2.05, 4.69) is 27.9 Å². The molecule has 128 valence electrons. The monoisotopic (exact) mass is 466 g/mol. The number of methoxy groups -OCH3 is 1. The van der Waals surface area contributed by atoms with Crippen LogP contribution in [0.3, 0.4) is 0 Å². The van der Waals surface area contributed by atoms with Crippen LogP contribution in [0, 0.1) is 3.57 Å².